The summed E-state index contributed by atoms with van der Waals surface area (Å²) < 4.78 is 35.3. The molecular weight excluding hydrogens is 440 g/mol. The van der Waals surface area contributed by atoms with Crippen LogP contribution in [0.3, 0.4) is 0 Å². The molecule has 3 aromatic rings. The van der Waals surface area contributed by atoms with Gasteiger partial charge in [-0.05, 0) is 50.2 Å². The predicted octanol–water partition coefficient (Wildman–Crippen LogP) is 3.47. The quantitative estimate of drug-likeness (QED) is 0.439. The Morgan fingerprint density at radius 2 is 1.82 bits per heavy atom. The molecule has 0 aliphatic heterocycles. The molecule has 0 amide bonds. The summed E-state index contributed by atoms with van der Waals surface area (Å²) in [6, 6.07) is 8.43. The fourth-order valence-electron chi connectivity index (χ4n) is 3.13. The first-order valence-electron chi connectivity index (χ1n) is 11.1. The standard InChI is InChI=1S/C23H34N6O3S/c1-16(2)15-32-22-13-21(29-23(27-22)20(14-24-29)17(3)4)26-18-7-9-19(10-8-18)33(30,31)25-11-12-28(5)6/h7-10,13-14,16-17,25-26H,11-12,15H2,1-6H3. The second kappa shape index (κ2) is 10.5. The minimum atomic E-state index is -3.56. The average Bonchev–Trinajstić information content (AvgIpc) is 3.17. The van der Waals surface area contributed by atoms with Crippen LogP contribution in [0, 0.1) is 5.92 Å². The molecule has 180 valence electrons. The zero-order chi connectivity index (χ0) is 24.2. The van der Waals surface area contributed by atoms with Crippen LogP contribution in [-0.4, -0.2) is 61.7 Å². The first-order chi connectivity index (χ1) is 15.6. The van der Waals surface area contributed by atoms with Crippen molar-refractivity contribution in [1.82, 2.24) is 24.2 Å². The summed E-state index contributed by atoms with van der Waals surface area (Å²) in [6.07, 6.45) is 1.82. The number of fused-ring (bicyclic) bond motifs is 1. The van der Waals surface area contributed by atoms with Crippen molar-refractivity contribution >= 4 is 27.2 Å². The summed E-state index contributed by atoms with van der Waals surface area (Å²) in [4.78, 5) is 6.80. The first kappa shape index (κ1) is 24.9. The van der Waals surface area contributed by atoms with Crippen molar-refractivity contribution in [2.75, 3.05) is 39.1 Å². The van der Waals surface area contributed by atoms with Gasteiger partial charge in [-0.15, -0.1) is 0 Å². The third kappa shape index (κ3) is 6.43. The molecule has 10 heteroatoms. The van der Waals surface area contributed by atoms with E-state index in [4.69, 9.17) is 4.74 Å². The largest absolute Gasteiger partial charge is 0.477 e. The number of benzene rings is 1. The molecular formula is C23H34N6O3S. The van der Waals surface area contributed by atoms with Crippen LogP contribution in [0.1, 0.15) is 39.2 Å². The summed E-state index contributed by atoms with van der Waals surface area (Å²) in [7, 11) is 0.233. The smallest absolute Gasteiger partial charge is 0.240 e. The fraction of sp³-hybridized carbons (Fsp3) is 0.478. The number of anilines is 2. The van der Waals surface area contributed by atoms with Gasteiger partial charge in [0.1, 0.15) is 5.82 Å². The molecule has 3 rings (SSSR count). The lowest BCUT2D eigenvalue weighted by atomic mass is 10.1. The van der Waals surface area contributed by atoms with Gasteiger partial charge in [0.05, 0.1) is 17.7 Å². The van der Waals surface area contributed by atoms with E-state index >= 15 is 0 Å². The number of hydrogen-bond donors (Lipinski definition) is 2. The molecule has 0 atom stereocenters. The first-order valence-corrected chi connectivity index (χ1v) is 12.6. The second-order valence-corrected chi connectivity index (χ2v) is 10.8. The molecule has 2 aromatic heterocycles. The van der Waals surface area contributed by atoms with Gasteiger partial charge < -0.3 is 15.0 Å². The van der Waals surface area contributed by atoms with E-state index in [1.807, 2.05) is 25.2 Å². The lowest BCUT2D eigenvalue weighted by molar-refractivity contribution is 0.261. The maximum Gasteiger partial charge on any atom is 0.240 e. The van der Waals surface area contributed by atoms with E-state index < -0.39 is 10.0 Å². The Hall–Kier alpha value is -2.69. The van der Waals surface area contributed by atoms with Crippen LogP contribution in [0.25, 0.3) is 5.65 Å². The molecule has 0 unspecified atom stereocenters. The Morgan fingerprint density at radius 3 is 2.42 bits per heavy atom. The molecule has 2 heterocycles. The van der Waals surface area contributed by atoms with Crippen LogP contribution in [0.2, 0.25) is 0 Å². The summed E-state index contributed by atoms with van der Waals surface area (Å²) in [5.74, 6) is 1.83. The van der Waals surface area contributed by atoms with E-state index in [1.54, 1.807) is 34.8 Å². The monoisotopic (exact) mass is 474 g/mol. The van der Waals surface area contributed by atoms with Crippen molar-refractivity contribution in [1.29, 1.82) is 0 Å². The van der Waals surface area contributed by atoms with Crippen LogP contribution in [0.4, 0.5) is 11.5 Å². The average molecular weight is 475 g/mol. The highest BCUT2D eigenvalue weighted by Gasteiger charge is 2.16. The van der Waals surface area contributed by atoms with Crippen molar-refractivity contribution in [3.63, 3.8) is 0 Å². The van der Waals surface area contributed by atoms with E-state index in [9.17, 15) is 8.42 Å². The lowest BCUT2D eigenvalue weighted by Crippen LogP contribution is -2.31. The maximum absolute atomic E-state index is 12.5. The van der Waals surface area contributed by atoms with Gasteiger partial charge in [-0.25, -0.2) is 13.1 Å². The number of sulfonamides is 1. The highest BCUT2D eigenvalue weighted by molar-refractivity contribution is 7.89. The van der Waals surface area contributed by atoms with Crippen molar-refractivity contribution in [3.8, 4) is 5.88 Å². The number of hydrogen-bond acceptors (Lipinski definition) is 7. The molecule has 0 spiro atoms. The number of rotatable bonds is 11. The van der Waals surface area contributed by atoms with E-state index in [0.717, 1.165) is 16.9 Å². The fourth-order valence-corrected chi connectivity index (χ4v) is 4.15. The third-order valence-electron chi connectivity index (χ3n) is 4.95. The second-order valence-electron chi connectivity index (χ2n) is 9.02. The molecule has 0 saturated heterocycles. The number of nitrogens with zero attached hydrogens (tertiary/aromatic N) is 4. The van der Waals surface area contributed by atoms with Crippen LogP contribution >= 0.6 is 0 Å². The Labute approximate surface area is 196 Å². The number of ether oxygens (including phenoxy) is 1. The number of aromatic nitrogens is 3. The Balaban J connectivity index is 1.86. The van der Waals surface area contributed by atoms with Gasteiger partial charge in [0.2, 0.25) is 15.9 Å². The van der Waals surface area contributed by atoms with E-state index in [-0.39, 0.29) is 10.8 Å². The van der Waals surface area contributed by atoms with Crippen molar-refractivity contribution in [2.45, 2.75) is 38.5 Å². The predicted molar refractivity (Wildman–Crippen MR) is 131 cm³/mol. The van der Waals surface area contributed by atoms with Crippen molar-refractivity contribution in [2.24, 2.45) is 5.92 Å². The van der Waals surface area contributed by atoms with Crippen molar-refractivity contribution < 1.29 is 13.2 Å². The molecule has 2 N–H and O–H groups in total. The zero-order valence-electron chi connectivity index (χ0n) is 20.2. The molecule has 0 bridgehead atoms. The van der Waals surface area contributed by atoms with Gasteiger partial charge in [-0.3, -0.25) is 0 Å². The van der Waals surface area contributed by atoms with Gasteiger partial charge in [0.25, 0.3) is 0 Å². The molecule has 0 fully saturated rings. The highest BCUT2D eigenvalue weighted by Crippen LogP contribution is 2.27. The van der Waals surface area contributed by atoms with Gasteiger partial charge in [-0.1, -0.05) is 27.7 Å². The molecule has 0 radical (unpaired) electrons. The van der Waals surface area contributed by atoms with E-state index in [0.29, 0.717) is 37.3 Å². The molecule has 0 aliphatic carbocycles. The topological polar surface area (TPSA) is 101 Å². The summed E-state index contributed by atoms with van der Waals surface area (Å²) >= 11 is 0. The highest BCUT2D eigenvalue weighted by atomic mass is 32.2. The van der Waals surface area contributed by atoms with Gasteiger partial charge in [-0.2, -0.15) is 14.6 Å². The van der Waals surface area contributed by atoms with E-state index in [1.165, 1.54) is 0 Å². The molecule has 9 nitrogen and oxygen atoms in total. The normalized spacial score (nSPS) is 12.3. The van der Waals surface area contributed by atoms with Crippen LogP contribution in [0.15, 0.2) is 41.4 Å². The van der Waals surface area contributed by atoms with Gasteiger partial charge >= 0.3 is 0 Å². The summed E-state index contributed by atoms with van der Waals surface area (Å²) in [5, 5.41) is 7.83. The van der Waals surface area contributed by atoms with Crippen LogP contribution in [0.5, 0.6) is 5.88 Å². The molecule has 1 aromatic carbocycles. The lowest BCUT2D eigenvalue weighted by Gasteiger charge is -2.14. The maximum atomic E-state index is 12.5. The van der Waals surface area contributed by atoms with Gasteiger partial charge in [0.15, 0.2) is 5.65 Å². The van der Waals surface area contributed by atoms with E-state index in [2.05, 4.69) is 47.8 Å². The summed E-state index contributed by atoms with van der Waals surface area (Å²) in [6.45, 7) is 9.89. The molecule has 0 aliphatic rings. The minimum Gasteiger partial charge on any atom is -0.477 e. The number of nitrogens with one attached hydrogen (secondary N) is 2. The molecule has 0 saturated carbocycles. The summed E-state index contributed by atoms with van der Waals surface area (Å²) in [5.41, 5.74) is 2.49. The Morgan fingerprint density at radius 1 is 1.12 bits per heavy atom. The SMILES string of the molecule is CC(C)COc1cc(Nc2ccc(S(=O)(=O)NCCN(C)C)cc2)n2ncc(C(C)C)c2n1. The van der Waals surface area contributed by atoms with Crippen LogP contribution < -0.4 is 14.8 Å². The minimum absolute atomic E-state index is 0.217. The third-order valence-corrected chi connectivity index (χ3v) is 6.43. The number of likely N-dealkylation sites (N-methyl/N-ethyl adjacent to an activating group) is 1. The Bertz CT molecular complexity index is 1170. The zero-order valence-corrected chi connectivity index (χ0v) is 21.0. The van der Waals surface area contributed by atoms with Crippen molar-refractivity contribution in [3.05, 3.63) is 42.1 Å². The molecule has 33 heavy (non-hydrogen) atoms. The Kier molecular flexibility index (Phi) is 7.93. The van der Waals surface area contributed by atoms with Gasteiger partial charge in [0, 0.05) is 30.4 Å². The van der Waals surface area contributed by atoms with Crippen LogP contribution in [-0.2, 0) is 10.0 Å².